The highest BCUT2D eigenvalue weighted by Gasteiger charge is 2.19. The van der Waals surface area contributed by atoms with Gasteiger partial charge in [0.1, 0.15) is 0 Å². The van der Waals surface area contributed by atoms with Gasteiger partial charge < -0.3 is 4.52 Å². The van der Waals surface area contributed by atoms with Crippen LogP contribution in [0, 0.1) is 6.92 Å². The van der Waals surface area contributed by atoms with Crippen LogP contribution in [0.1, 0.15) is 23.7 Å². The van der Waals surface area contributed by atoms with E-state index in [1.807, 2.05) is 6.92 Å². The molecule has 1 aromatic carbocycles. The Morgan fingerprint density at radius 2 is 2.07 bits per heavy atom. The van der Waals surface area contributed by atoms with E-state index in [4.69, 9.17) is 4.52 Å². The van der Waals surface area contributed by atoms with Gasteiger partial charge in [0.2, 0.25) is 0 Å². The molecule has 78 valence electrons. The van der Waals surface area contributed by atoms with Crippen molar-refractivity contribution in [3.8, 4) is 0 Å². The molecule has 0 bridgehead atoms. The van der Waals surface area contributed by atoms with E-state index in [0.29, 0.717) is 0 Å². The van der Waals surface area contributed by atoms with Crippen LogP contribution in [-0.4, -0.2) is 16.6 Å². The second-order valence-corrected chi connectivity index (χ2v) is 4.19. The first-order valence-corrected chi connectivity index (χ1v) is 5.38. The van der Waals surface area contributed by atoms with E-state index < -0.39 is 0 Å². The number of nitrogens with zero attached hydrogens (tertiary/aromatic N) is 2. The van der Waals surface area contributed by atoms with Crippen LogP contribution in [0.4, 0.5) is 0 Å². The first-order valence-electron chi connectivity index (χ1n) is 5.38. The Morgan fingerprint density at radius 1 is 1.33 bits per heavy atom. The Morgan fingerprint density at radius 3 is 2.80 bits per heavy atom. The standard InChI is InChI=1S/C12H14N2O/c1-3-14-6-9-4-11-8(2)13-15-12(11)5-10(9)7-14/h4-5H,3,6-7H2,1-2H3. The van der Waals surface area contributed by atoms with Crippen LogP contribution in [0.25, 0.3) is 11.0 Å². The Bertz CT molecular complexity index is 516. The number of aryl methyl sites for hydroxylation is 1. The molecule has 1 aromatic heterocycles. The molecule has 0 saturated carbocycles. The lowest BCUT2D eigenvalue weighted by Crippen LogP contribution is -2.14. The Balaban J connectivity index is 2.15. The third-order valence-electron chi connectivity index (χ3n) is 3.21. The van der Waals surface area contributed by atoms with E-state index in [1.54, 1.807) is 0 Å². The fourth-order valence-electron chi connectivity index (χ4n) is 2.25. The lowest BCUT2D eigenvalue weighted by Gasteiger charge is -2.09. The van der Waals surface area contributed by atoms with Gasteiger partial charge in [0.25, 0.3) is 0 Å². The molecule has 0 atom stereocenters. The molecule has 3 nitrogen and oxygen atoms in total. The summed E-state index contributed by atoms with van der Waals surface area (Å²) < 4.78 is 5.27. The van der Waals surface area contributed by atoms with Crippen LogP contribution >= 0.6 is 0 Å². The molecule has 2 heterocycles. The van der Waals surface area contributed by atoms with Crippen LogP contribution in [0.3, 0.4) is 0 Å². The van der Waals surface area contributed by atoms with E-state index in [0.717, 1.165) is 36.3 Å². The smallest absolute Gasteiger partial charge is 0.167 e. The van der Waals surface area contributed by atoms with Crippen molar-refractivity contribution >= 4 is 11.0 Å². The molecule has 0 unspecified atom stereocenters. The summed E-state index contributed by atoms with van der Waals surface area (Å²) in [5, 5.41) is 5.15. The number of hydrogen-bond donors (Lipinski definition) is 0. The molecule has 0 radical (unpaired) electrons. The predicted octanol–water partition coefficient (Wildman–Crippen LogP) is 2.47. The minimum absolute atomic E-state index is 0.921. The number of hydrogen-bond acceptors (Lipinski definition) is 3. The van der Waals surface area contributed by atoms with E-state index >= 15 is 0 Å². The molecule has 0 fully saturated rings. The van der Waals surface area contributed by atoms with E-state index in [2.05, 4.69) is 29.1 Å². The molecule has 0 saturated heterocycles. The van der Waals surface area contributed by atoms with Gasteiger partial charge in [-0.1, -0.05) is 12.1 Å². The summed E-state index contributed by atoms with van der Waals surface area (Å²) >= 11 is 0. The van der Waals surface area contributed by atoms with E-state index in [-0.39, 0.29) is 0 Å². The fraction of sp³-hybridized carbons (Fsp3) is 0.417. The van der Waals surface area contributed by atoms with Crippen molar-refractivity contribution in [3.63, 3.8) is 0 Å². The quantitative estimate of drug-likeness (QED) is 0.711. The SMILES string of the molecule is CCN1Cc2cc3onc(C)c3cc2C1. The monoisotopic (exact) mass is 202 g/mol. The summed E-state index contributed by atoms with van der Waals surface area (Å²) in [6, 6.07) is 4.37. The van der Waals surface area contributed by atoms with Gasteiger partial charge in [-0.3, -0.25) is 4.90 Å². The molecule has 1 aliphatic heterocycles. The van der Waals surface area contributed by atoms with Crippen LogP contribution in [0.2, 0.25) is 0 Å². The molecule has 0 N–H and O–H groups in total. The van der Waals surface area contributed by atoms with Gasteiger partial charge >= 0.3 is 0 Å². The third kappa shape index (κ3) is 1.27. The summed E-state index contributed by atoms with van der Waals surface area (Å²) in [6.07, 6.45) is 0. The van der Waals surface area contributed by atoms with Gasteiger partial charge in [-0.25, -0.2) is 0 Å². The second-order valence-electron chi connectivity index (χ2n) is 4.19. The second kappa shape index (κ2) is 3.07. The number of aromatic nitrogens is 1. The summed E-state index contributed by atoms with van der Waals surface area (Å²) in [6.45, 7) is 7.40. The zero-order valence-electron chi connectivity index (χ0n) is 9.08. The summed E-state index contributed by atoms with van der Waals surface area (Å²) in [7, 11) is 0. The van der Waals surface area contributed by atoms with Crippen LogP contribution in [-0.2, 0) is 13.1 Å². The normalized spacial score (nSPS) is 16.1. The predicted molar refractivity (Wildman–Crippen MR) is 58.5 cm³/mol. The molecule has 0 amide bonds. The van der Waals surface area contributed by atoms with E-state index in [1.165, 1.54) is 11.1 Å². The maximum Gasteiger partial charge on any atom is 0.167 e. The van der Waals surface area contributed by atoms with Crippen molar-refractivity contribution in [1.82, 2.24) is 10.1 Å². The number of rotatable bonds is 1. The molecule has 0 aliphatic carbocycles. The average Bonchev–Trinajstić information content (AvgIpc) is 2.79. The maximum absolute atomic E-state index is 5.27. The van der Waals surface area contributed by atoms with Crippen LogP contribution in [0.15, 0.2) is 16.7 Å². The average molecular weight is 202 g/mol. The zero-order chi connectivity index (χ0) is 10.4. The van der Waals surface area contributed by atoms with Crippen LogP contribution < -0.4 is 0 Å². The highest BCUT2D eigenvalue weighted by Crippen LogP contribution is 2.28. The number of fused-ring (bicyclic) bond motifs is 2. The fourth-order valence-corrected chi connectivity index (χ4v) is 2.25. The maximum atomic E-state index is 5.27. The van der Waals surface area contributed by atoms with Crippen molar-refractivity contribution in [2.75, 3.05) is 6.54 Å². The van der Waals surface area contributed by atoms with Gasteiger partial charge in [-0.05, 0) is 36.7 Å². The minimum Gasteiger partial charge on any atom is -0.356 e. The first kappa shape index (κ1) is 8.92. The Labute approximate surface area is 88.7 Å². The van der Waals surface area contributed by atoms with Gasteiger partial charge in [0, 0.05) is 18.5 Å². The van der Waals surface area contributed by atoms with Crippen LogP contribution in [0.5, 0.6) is 0 Å². The summed E-state index contributed by atoms with van der Waals surface area (Å²) in [5.74, 6) is 0. The van der Waals surface area contributed by atoms with Crippen molar-refractivity contribution in [2.45, 2.75) is 26.9 Å². The molecule has 3 heteroatoms. The van der Waals surface area contributed by atoms with Gasteiger partial charge in [-0.2, -0.15) is 0 Å². The van der Waals surface area contributed by atoms with Gasteiger partial charge in [-0.15, -0.1) is 0 Å². The third-order valence-corrected chi connectivity index (χ3v) is 3.21. The topological polar surface area (TPSA) is 29.3 Å². The molecule has 0 spiro atoms. The largest absolute Gasteiger partial charge is 0.356 e. The summed E-state index contributed by atoms with van der Waals surface area (Å²) in [4.78, 5) is 2.42. The zero-order valence-corrected chi connectivity index (χ0v) is 9.08. The first-order chi connectivity index (χ1) is 7.28. The molecule has 1 aliphatic rings. The Kier molecular flexibility index (Phi) is 1.83. The number of benzene rings is 1. The van der Waals surface area contributed by atoms with Crippen molar-refractivity contribution in [2.24, 2.45) is 0 Å². The molecular weight excluding hydrogens is 188 g/mol. The van der Waals surface area contributed by atoms with Crippen molar-refractivity contribution < 1.29 is 4.52 Å². The minimum atomic E-state index is 0.921. The van der Waals surface area contributed by atoms with Crippen molar-refractivity contribution in [3.05, 3.63) is 29.0 Å². The summed E-state index contributed by atoms with van der Waals surface area (Å²) in [5.41, 5.74) is 4.73. The highest BCUT2D eigenvalue weighted by molar-refractivity contribution is 5.81. The van der Waals surface area contributed by atoms with Gasteiger partial charge in [0.05, 0.1) is 5.69 Å². The molecule has 15 heavy (non-hydrogen) atoms. The van der Waals surface area contributed by atoms with Crippen molar-refractivity contribution in [1.29, 1.82) is 0 Å². The van der Waals surface area contributed by atoms with Gasteiger partial charge in [0.15, 0.2) is 5.58 Å². The Hall–Kier alpha value is -1.35. The highest BCUT2D eigenvalue weighted by atomic mass is 16.5. The molecule has 3 rings (SSSR count). The van der Waals surface area contributed by atoms with E-state index in [9.17, 15) is 0 Å². The molecule has 2 aromatic rings. The lowest BCUT2D eigenvalue weighted by atomic mass is 10.1. The molecular formula is C12H14N2O. The lowest BCUT2D eigenvalue weighted by molar-refractivity contribution is 0.301.